The number of carbonyl (C=O) groups excluding carboxylic acids is 2. The smallest absolute Gasteiger partial charge is 0.307 e. The van der Waals surface area contributed by atoms with E-state index in [2.05, 4.69) is 4.98 Å². The van der Waals surface area contributed by atoms with E-state index in [1.165, 1.54) is 4.57 Å². The summed E-state index contributed by atoms with van der Waals surface area (Å²) < 4.78 is 7.07. The van der Waals surface area contributed by atoms with E-state index in [0.29, 0.717) is 27.9 Å². The molecule has 1 unspecified atom stereocenters. The van der Waals surface area contributed by atoms with E-state index >= 15 is 0 Å². The molecule has 3 aromatic carbocycles. The first-order valence-corrected chi connectivity index (χ1v) is 10.3. The Morgan fingerprint density at radius 2 is 1.53 bits per heavy atom. The van der Waals surface area contributed by atoms with E-state index < -0.39 is 12.1 Å². The molecule has 0 fully saturated rings. The highest BCUT2D eigenvalue weighted by Crippen LogP contribution is 2.23. The molecule has 0 spiro atoms. The van der Waals surface area contributed by atoms with Crippen molar-refractivity contribution in [3.8, 4) is 0 Å². The summed E-state index contributed by atoms with van der Waals surface area (Å²) in [5.41, 5.74) is 1.49. The van der Waals surface area contributed by atoms with Crippen LogP contribution in [0.1, 0.15) is 34.3 Å². The Labute approximate surface area is 185 Å². The number of benzene rings is 3. The van der Waals surface area contributed by atoms with E-state index in [0.717, 1.165) is 0 Å². The molecule has 6 heteroatoms. The van der Waals surface area contributed by atoms with Crippen molar-refractivity contribution < 1.29 is 14.3 Å². The van der Waals surface area contributed by atoms with Crippen molar-refractivity contribution in [3.05, 3.63) is 112 Å². The molecule has 0 radical (unpaired) electrons. The van der Waals surface area contributed by atoms with E-state index in [1.807, 2.05) is 18.2 Å². The zero-order chi connectivity index (χ0) is 22.5. The highest BCUT2D eigenvalue weighted by Gasteiger charge is 2.26. The van der Waals surface area contributed by atoms with Crippen molar-refractivity contribution in [1.29, 1.82) is 0 Å². The van der Waals surface area contributed by atoms with Crippen molar-refractivity contribution in [1.82, 2.24) is 9.55 Å². The Kier molecular flexibility index (Phi) is 6.22. The lowest BCUT2D eigenvalue weighted by Gasteiger charge is -2.18. The molecule has 32 heavy (non-hydrogen) atoms. The summed E-state index contributed by atoms with van der Waals surface area (Å²) in [7, 11) is 1.63. The molecule has 0 aliphatic heterocycles. The number of fused-ring (bicyclic) bond motifs is 1. The first-order chi connectivity index (χ1) is 15.5. The fourth-order valence-corrected chi connectivity index (χ4v) is 3.55. The van der Waals surface area contributed by atoms with Gasteiger partial charge in [0.15, 0.2) is 6.10 Å². The summed E-state index contributed by atoms with van der Waals surface area (Å²) in [4.78, 5) is 42.9. The standard InChI is InChI=1S/C26H22N2O4/c1-28-22(27-21-15-9-8-14-20(21)26(28)31)16-17-23(29)32-25(19-12-6-3-7-13-19)24(30)18-10-4-2-5-11-18/h2-15,25H,16-17H2,1H3. The second-order valence-electron chi connectivity index (χ2n) is 7.42. The van der Waals surface area contributed by atoms with Crippen LogP contribution in [0, 0.1) is 0 Å². The summed E-state index contributed by atoms with van der Waals surface area (Å²) >= 11 is 0. The maximum atomic E-state index is 13.1. The number of aromatic nitrogens is 2. The summed E-state index contributed by atoms with van der Waals surface area (Å²) in [6, 6.07) is 24.8. The number of ether oxygens (including phenoxy) is 1. The highest BCUT2D eigenvalue weighted by molar-refractivity contribution is 6.01. The fraction of sp³-hybridized carbons (Fsp3) is 0.154. The zero-order valence-corrected chi connectivity index (χ0v) is 17.6. The lowest BCUT2D eigenvalue weighted by atomic mass is 10.00. The minimum atomic E-state index is -1.04. The van der Waals surface area contributed by atoms with Gasteiger partial charge in [-0.2, -0.15) is 0 Å². The van der Waals surface area contributed by atoms with E-state index in [9.17, 15) is 14.4 Å². The third-order valence-electron chi connectivity index (χ3n) is 5.28. The van der Waals surface area contributed by atoms with Crippen LogP contribution in [0.3, 0.4) is 0 Å². The van der Waals surface area contributed by atoms with Crippen LogP contribution < -0.4 is 5.56 Å². The molecule has 0 aliphatic rings. The number of esters is 1. The number of Topliss-reactive ketones (excluding diaryl/α,β-unsaturated/α-hetero) is 1. The van der Waals surface area contributed by atoms with Crippen molar-refractivity contribution in [2.75, 3.05) is 0 Å². The summed E-state index contributed by atoms with van der Waals surface area (Å²) in [5.74, 6) is -0.344. The molecule has 1 aromatic heterocycles. The largest absolute Gasteiger partial charge is 0.449 e. The van der Waals surface area contributed by atoms with Crippen LogP contribution in [0.15, 0.2) is 89.7 Å². The number of ketones is 1. The summed E-state index contributed by atoms with van der Waals surface area (Å²) in [6.07, 6.45) is -0.833. The average Bonchev–Trinajstić information content (AvgIpc) is 2.84. The summed E-state index contributed by atoms with van der Waals surface area (Å²) in [5, 5.41) is 0.527. The van der Waals surface area contributed by atoms with Gasteiger partial charge in [0.05, 0.1) is 17.3 Å². The van der Waals surface area contributed by atoms with Gasteiger partial charge in [0.2, 0.25) is 5.78 Å². The molecule has 0 saturated carbocycles. The van der Waals surface area contributed by atoms with Crippen LogP contribution in [0.2, 0.25) is 0 Å². The van der Waals surface area contributed by atoms with Crippen LogP contribution in [-0.4, -0.2) is 21.3 Å². The first kappa shape index (κ1) is 21.2. The molecule has 0 saturated heterocycles. The minimum Gasteiger partial charge on any atom is -0.449 e. The average molecular weight is 426 g/mol. The predicted molar refractivity (Wildman–Crippen MR) is 121 cm³/mol. The molecule has 0 N–H and O–H groups in total. The molecular formula is C26H22N2O4. The van der Waals surface area contributed by atoms with Gasteiger partial charge in [-0.15, -0.1) is 0 Å². The molecule has 4 aromatic rings. The van der Waals surface area contributed by atoms with Gasteiger partial charge in [-0.05, 0) is 12.1 Å². The minimum absolute atomic E-state index is 0.00990. The predicted octanol–water partition coefficient (Wildman–Crippen LogP) is 4.03. The van der Waals surface area contributed by atoms with Crippen LogP contribution in [0.25, 0.3) is 10.9 Å². The van der Waals surface area contributed by atoms with Gasteiger partial charge in [-0.1, -0.05) is 72.8 Å². The van der Waals surface area contributed by atoms with Crippen molar-refractivity contribution >= 4 is 22.7 Å². The molecule has 0 aliphatic carbocycles. The second-order valence-corrected chi connectivity index (χ2v) is 7.42. The number of carbonyl (C=O) groups is 2. The van der Waals surface area contributed by atoms with E-state index in [4.69, 9.17) is 4.74 Å². The van der Waals surface area contributed by atoms with Gasteiger partial charge in [-0.3, -0.25) is 19.0 Å². The quantitative estimate of drug-likeness (QED) is 0.329. The third kappa shape index (κ3) is 4.49. The Balaban J connectivity index is 1.53. The van der Waals surface area contributed by atoms with Crippen molar-refractivity contribution in [3.63, 3.8) is 0 Å². The molecule has 4 rings (SSSR count). The second kappa shape index (κ2) is 9.39. The van der Waals surface area contributed by atoms with Gasteiger partial charge < -0.3 is 4.74 Å². The van der Waals surface area contributed by atoms with Crippen LogP contribution in [-0.2, 0) is 23.0 Å². The molecule has 6 nitrogen and oxygen atoms in total. The first-order valence-electron chi connectivity index (χ1n) is 10.3. The number of nitrogens with zero attached hydrogens (tertiary/aromatic N) is 2. The van der Waals surface area contributed by atoms with Gasteiger partial charge in [0.1, 0.15) is 5.82 Å². The summed E-state index contributed by atoms with van der Waals surface area (Å²) in [6.45, 7) is 0. The van der Waals surface area contributed by atoms with Crippen LogP contribution in [0.4, 0.5) is 0 Å². The Morgan fingerprint density at radius 3 is 2.25 bits per heavy atom. The van der Waals surface area contributed by atoms with Gasteiger partial charge in [-0.25, -0.2) is 4.98 Å². The molecule has 1 atom stereocenters. The molecule has 0 bridgehead atoms. The number of hydrogen-bond acceptors (Lipinski definition) is 5. The SMILES string of the molecule is Cn1c(CCC(=O)OC(C(=O)c2ccccc2)c2ccccc2)nc2ccccc2c1=O. The molecule has 1 heterocycles. The molecule has 160 valence electrons. The number of hydrogen-bond donors (Lipinski definition) is 0. The Morgan fingerprint density at radius 1 is 0.906 bits per heavy atom. The van der Waals surface area contributed by atoms with Gasteiger partial charge >= 0.3 is 5.97 Å². The third-order valence-corrected chi connectivity index (χ3v) is 5.28. The lowest BCUT2D eigenvalue weighted by molar-refractivity contribution is -0.147. The molecule has 0 amide bonds. The monoisotopic (exact) mass is 426 g/mol. The maximum Gasteiger partial charge on any atom is 0.307 e. The maximum absolute atomic E-state index is 13.1. The lowest BCUT2D eigenvalue weighted by Crippen LogP contribution is -2.24. The number of rotatable bonds is 7. The Bertz CT molecular complexity index is 1310. The molecular weight excluding hydrogens is 404 g/mol. The van der Waals surface area contributed by atoms with E-state index in [1.54, 1.807) is 73.8 Å². The number of aryl methyl sites for hydroxylation is 1. The Hall–Kier alpha value is -4.06. The number of para-hydroxylation sites is 1. The van der Waals surface area contributed by atoms with Crippen molar-refractivity contribution in [2.24, 2.45) is 7.05 Å². The van der Waals surface area contributed by atoms with Gasteiger partial charge in [0.25, 0.3) is 5.56 Å². The fourth-order valence-electron chi connectivity index (χ4n) is 3.55. The normalized spacial score (nSPS) is 11.8. The van der Waals surface area contributed by atoms with Crippen molar-refractivity contribution in [2.45, 2.75) is 18.9 Å². The van der Waals surface area contributed by atoms with E-state index in [-0.39, 0.29) is 24.2 Å². The highest BCUT2D eigenvalue weighted by atomic mass is 16.5. The van der Waals surface area contributed by atoms with Gasteiger partial charge in [0, 0.05) is 24.6 Å². The zero-order valence-electron chi connectivity index (χ0n) is 17.6. The topological polar surface area (TPSA) is 78.3 Å². The van der Waals surface area contributed by atoms with Crippen LogP contribution >= 0.6 is 0 Å². The van der Waals surface area contributed by atoms with Crippen LogP contribution in [0.5, 0.6) is 0 Å².